The molecule has 0 rings (SSSR count). The Balaban J connectivity index is 4.21. The molecule has 9 heavy (non-hydrogen) atoms. The van der Waals surface area contributed by atoms with Crippen LogP contribution in [0.3, 0.4) is 0 Å². The van der Waals surface area contributed by atoms with Gasteiger partial charge in [0.1, 0.15) is 6.54 Å². The van der Waals surface area contributed by atoms with Crippen LogP contribution in [0.15, 0.2) is 0 Å². The summed E-state index contributed by atoms with van der Waals surface area (Å²) >= 11 is 0. The highest BCUT2D eigenvalue weighted by Crippen LogP contribution is 1.80. The van der Waals surface area contributed by atoms with E-state index in [1.54, 1.807) is 0 Å². The molecular weight excluding hydrogens is 122 g/mol. The molecule has 0 saturated heterocycles. The molecule has 0 unspecified atom stereocenters. The molecule has 0 aromatic carbocycles. The number of carbonyl (C=O) groups excluding carboxylic acids is 1. The van der Waals surface area contributed by atoms with Crippen LogP contribution in [0.2, 0.25) is 0 Å². The number of likely N-dealkylation sites (N-methyl/N-ethyl adjacent to an activating group) is 1. The molecule has 0 fully saturated rings. The Bertz CT molecular complexity index is 201. The van der Waals surface area contributed by atoms with Gasteiger partial charge < -0.3 is 10.0 Å². The van der Waals surface area contributed by atoms with Crippen molar-refractivity contribution in [3.63, 3.8) is 0 Å². The predicted molar refractivity (Wildman–Crippen MR) is 30.9 cm³/mol. The van der Waals surface area contributed by atoms with Gasteiger partial charge in [0.2, 0.25) is 5.91 Å². The minimum absolute atomic E-state index is 0.600. The third kappa shape index (κ3) is 3.52. The van der Waals surface area contributed by atoms with Crippen molar-refractivity contribution < 1.29 is 18.8 Å². The summed E-state index contributed by atoms with van der Waals surface area (Å²) in [6.07, 6.45) is 0. The number of amides is 1. The molecule has 0 radical (unpaired) electrons. The van der Waals surface area contributed by atoms with Crippen LogP contribution >= 0.6 is 0 Å². The number of rotatable bonds is 2. The standard InChI is InChI=1S/C5H9NO3/c1-4(7)6(2)3-5(8)9/h3H2,1-2H3,(H,8,9)/i1D3. The zero-order valence-corrected chi connectivity index (χ0v) is 4.92. The largest absolute Gasteiger partial charge is 0.480 e. The van der Waals surface area contributed by atoms with E-state index in [1.165, 1.54) is 0 Å². The van der Waals surface area contributed by atoms with Gasteiger partial charge in [-0.25, -0.2) is 0 Å². The lowest BCUT2D eigenvalue weighted by atomic mass is 10.5. The smallest absolute Gasteiger partial charge is 0.323 e. The molecule has 4 nitrogen and oxygen atoms in total. The maximum absolute atomic E-state index is 10.8. The monoisotopic (exact) mass is 134 g/mol. The molecule has 1 amide bonds. The highest BCUT2D eigenvalue weighted by molar-refractivity contribution is 5.79. The second-order valence-electron chi connectivity index (χ2n) is 1.55. The number of carboxylic acid groups (broad SMARTS) is 1. The van der Waals surface area contributed by atoms with Crippen LogP contribution in [0, 0.1) is 0 Å². The van der Waals surface area contributed by atoms with Crippen LogP contribution in [-0.4, -0.2) is 35.5 Å². The fraction of sp³-hybridized carbons (Fsp3) is 0.600. The summed E-state index contributed by atoms with van der Waals surface area (Å²) in [5.41, 5.74) is 0. The number of aliphatic carboxylic acids is 1. The first-order valence-electron chi connectivity index (χ1n) is 3.72. The fourth-order valence-electron chi connectivity index (χ4n) is 0.275. The molecule has 1 N–H and O–H groups in total. The van der Waals surface area contributed by atoms with Crippen LogP contribution in [0.5, 0.6) is 0 Å². The normalized spacial score (nSPS) is 15.0. The summed E-state index contributed by atoms with van der Waals surface area (Å²) in [7, 11) is 1.13. The predicted octanol–water partition coefficient (Wildman–Crippen LogP) is -0.451. The molecule has 0 aliphatic carbocycles. The van der Waals surface area contributed by atoms with Crippen molar-refractivity contribution in [1.29, 1.82) is 0 Å². The van der Waals surface area contributed by atoms with E-state index in [0.717, 1.165) is 7.05 Å². The van der Waals surface area contributed by atoms with E-state index in [9.17, 15) is 9.59 Å². The van der Waals surface area contributed by atoms with Crippen molar-refractivity contribution in [2.75, 3.05) is 13.6 Å². The Hall–Kier alpha value is -1.06. The van der Waals surface area contributed by atoms with E-state index < -0.39 is 25.3 Å². The Morgan fingerprint density at radius 3 is 2.67 bits per heavy atom. The molecule has 0 aromatic heterocycles. The molecule has 0 spiro atoms. The van der Waals surface area contributed by atoms with Gasteiger partial charge in [-0.1, -0.05) is 0 Å². The van der Waals surface area contributed by atoms with Gasteiger partial charge in [-0.05, 0) is 0 Å². The average molecular weight is 134 g/mol. The van der Waals surface area contributed by atoms with Crippen molar-refractivity contribution in [1.82, 2.24) is 4.90 Å². The maximum Gasteiger partial charge on any atom is 0.323 e. The second kappa shape index (κ2) is 3.06. The first-order valence-corrected chi connectivity index (χ1v) is 2.22. The minimum Gasteiger partial charge on any atom is -0.480 e. The molecule has 0 aliphatic heterocycles. The molecule has 0 bridgehead atoms. The molecule has 0 aliphatic rings. The van der Waals surface area contributed by atoms with Crippen LogP contribution in [0.4, 0.5) is 0 Å². The lowest BCUT2D eigenvalue weighted by Crippen LogP contribution is -2.29. The number of carboxylic acids is 1. The van der Waals surface area contributed by atoms with Crippen molar-refractivity contribution in [3.8, 4) is 0 Å². The topological polar surface area (TPSA) is 57.6 Å². The molecule has 0 aromatic rings. The lowest BCUT2D eigenvalue weighted by molar-refractivity contribution is -0.142. The van der Waals surface area contributed by atoms with Gasteiger partial charge in [0.05, 0.1) is 0 Å². The van der Waals surface area contributed by atoms with Gasteiger partial charge in [-0.3, -0.25) is 9.59 Å². The van der Waals surface area contributed by atoms with Crippen molar-refractivity contribution in [2.45, 2.75) is 6.85 Å². The molecule has 0 saturated carbocycles. The first kappa shape index (κ1) is 3.87. The van der Waals surface area contributed by atoms with E-state index >= 15 is 0 Å². The number of carbonyl (C=O) groups is 2. The van der Waals surface area contributed by atoms with Crippen molar-refractivity contribution in [2.24, 2.45) is 0 Å². The summed E-state index contributed by atoms with van der Waals surface area (Å²) in [6.45, 7) is -3.36. The van der Waals surface area contributed by atoms with Gasteiger partial charge in [-0.15, -0.1) is 0 Å². The Labute approximate surface area is 57.3 Å². The zero-order valence-electron chi connectivity index (χ0n) is 7.92. The first-order chi connectivity index (χ1) is 5.25. The SMILES string of the molecule is [2H]C([2H])([2H])C(=O)N(C)CC(=O)O. The highest BCUT2D eigenvalue weighted by Gasteiger charge is 2.05. The van der Waals surface area contributed by atoms with Crippen molar-refractivity contribution >= 4 is 11.9 Å². The van der Waals surface area contributed by atoms with Gasteiger partial charge >= 0.3 is 5.97 Å². The van der Waals surface area contributed by atoms with E-state index in [-0.39, 0.29) is 0 Å². The number of hydrogen-bond acceptors (Lipinski definition) is 2. The zero-order chi connectivity index (χ0) is 9.94. The van der Waals surface area contributed by atoms with Crippen LogP contribution < -0.4 is 0 Å². The van der Waals surface area contributed by atoms with Gasteiger partial charge in [-0.2, -0.15) is 0 Å². The van der Waals surface area contributed by atoms with E-state index in [1.807, 2.05) is 0 Å². The van der Waals surface area contributed by atoms with Gasteiger partial charge in [0.15, 0.2) is 0 Å². The quantitative estimate of drug-likeness (QED) is 0.556. The molecule has 52 valence electrons. The van der Waals surface area contributed by atoms with Gasteiger partial charge in [0, 0.05) is 18.0 Å². The minimum atomic E-state index is -2.76. The number of hydrogen-bond donors (Lipinski definition) is 1. The van der Waals surface area contributed by atoms with Crippen LogP contribution in [-0.2, 0) is 9.59 Å². The second-order valence-corrected chi connectivity index (χ2v) is 1.55. The summed E-state index contributed by atoms with van der Waals surface area (Å²) in [5, 5.41) is 8.22. The van der Waals surface area contributed by atoms with E-state index in [0.29, 0.717) is 4.90 Å². The fourth-order valence-corrected chi connectivity index (χ4v) is 0.275. The van der Waals surface area contributed by atoms with Crippen molar-refractivity contribution in [3.05, 3.63) is 0 Å². The summed E-state index contributed by atoms with van der Waals surface area (Å²) in [6, 6.07) is 0. The third-order valence-electron chi connectivity index (χ3n) is 0.719. The van der Waals surface area contributed by atoms with Crippen LogP contribution in [0.25, 0.3) is 0 Å². The summed E-state index contributed by atoms with van der Waals surface area (Å²) in [5.74, 6) is -2.40. The lowest BCUT2D eigenvalue weighted by Gasteiger charge is -2.09. The Morgan fingerprint density at radius 1 is 1.78 bits per heavy atom. The van der Waals surface area contributed by atoms with Gasteiger partial charge in [0.25, 0.3) is 0 Å². The Kier molecular flexibility index (Phi) is 1.32. The van der Waals surface area contributed by atoms with E-state index in [4.69, 9.17) is 9.22 Å². The molecule has 0 heterocycles. The molecular formula is C5H9NO3. The van der Waals surface area contributed by atoms with Crippen LogP contribution in [0.1, 0.15) is 11.0 Å². The number of nitrogens with zero attached hydrogens (tertiary/aromatic N) is 1. The molecule has 4 heteroatoms. The summed E-state index contributed by atoms with van der Waals surface area (Å²) < 4.78 is 20.0. The Morgan fingerprint density at radius 2 is 2.33 bits per heavy atom. The highest BCUT2D eigenvalue weighted by atomic mass is 16.4. The average Bonchev–Trinajstić information content (AvgIpc) is 1.82. The molecule has 0 atom stereocenters. The van der Waals surface area contributed by atoms with E-state index in [2.05, 4.69) is 0 Å². The summed E-state index contributed by atoms with van der Waals surface area (Å²) in [4.78, 5) is 21.5. The maximum atomic E-state index is 10.8. The third-order valence-corrected chi connectivity index (χ3v) is 0.719.